The molecule has 0 bridgehead atoms. The second kappa shape index (κ2) is 20.4. The maximum atomic E-state index is 9.90. The zero-order chi connectivity index (χ0) is 27.6. The van der Waals surface area contributed by atoms with Crippen LogP contribution in [0.25, 0.3) is 0 Å². The Bertz CT molecular complexity index is 508. The average Bonchev–Trinajstić information content (AvgIpc) is 2.89. The van der Waals surface area contributed by atoms with Crippen molar-refractivity contribution in [2.45, 2.75) is 113 Å². The lowest BCUT2D eigenvalue weighted by atomic mass is 9.80. The highest BCUT2D eigenvalue weighted by molar-refractivity contribution is 5.57. The molecule has 0 aromatic heterocycles. The van der Waals surface area contributed by atoms with E-state index in [2.05, 4.69) is 20.8 Å². The summed E-state index contributed by atoms with van der Waals surface area (Å²) >= 11 is 0. The monoisotopic (exact) mass is 525 g/mol. The number of aldehydes is 1. The van der Waals surface area contributed by atoms with Crippen LogP contribution in [0.4, 0.5) is 0 Å². The molecule has 36 heavy (non-hydrogen) atoms. The number of aliphatic hydroxyl groups is 4. The van der Waals surface area contributed by atoms with Gasteiger partial charge >= 0.3 is 1.43 Å². The first-order valence-electron chi connectivity index (χ1n) is 13.5. The van der Waals surface area contributed by atoms with Gasteiger partial charge in [-0.25, -0.2) is 0 Å². The van der Waals surface area contributed by atoms with E-state index in [1.54, 1.807) is 13.8 Å². The Labute approximate surface area is 222 Å². The van der Waals surface area contributed by atoms with E-state index in [1.807, 2.05) is 20.8 Å². The Balaban J connectivity index is -0.000000237. The smallest absolute Gasteiger partial charge is 0.412 e. The van der Waals surface area contributed by atoms with Gasteiger partial charge in [0.2, 0.25) is 0 Å². The van der Waals surface area contributed by atoms with Crippen LogP contribution < -0.4 is 0 Å². The summed E-state index contributed by atoms with van der Waals surface area (Å²) in [5.74, 6) is 0. The summed E-state index contributed by atoms with van der Waals surface area (Å²) < 4.78 is 11.7. The molecule has 0 radical (unpaired) electrons. The Morgan fingerprint density at radius 1 is 0.861 bits per heavy atom. The molecule has 1 aliphatic heterocycles. The first-order chi connectivity index (χ1) is 16.4. The molecule has 0 aromatic rings. The molecule has 0 saturated carbocycles. The van der Waals surface area contributed by atoms with Gasteiger partial charge in [-0.15, -0.1) is 0 Å². The molecular weight excluding hydrogens is 464 g/mol. The maximum Gasteiger partial charge on any atom is 1.00 e. The van der Waals surface area contributed by atoms with Crippen molar-refractivity contribution < 1.29 is 41.6 Å². The zero-order valence-electron chi connectivity index (χ0n) is 25.6. The molecule has 1 rings (SSSR count). The first-order valence-corrected chi connectivity index (χ1v) is 13.5. The Morgan fingerprint density at radius 2 is 1.36 bits per heavy atom. The Morgan fingerprint density at radius 3 is 1.64 bits per heavy atom. The minimum Gasteiger partial charge on any atom is -0.412 e. The molecule has 8 nitrogen and oxygen atoms in total. The predicted molar refractivity (Wildman–Crippen MR) is 147 cm³/mol. The van der Waals surface area contributed by atoms with Gasteiger partial charge in [0.25, 0.3) is 0 Å². The molecule has 0 amide bonds. The van der Waals surface area contributed by atoms with Crippen LogP contribution in [-0.4, -0.2) is 78.1 Å². The summed E-state index contributed by atoms with van der Waals surface area (Å²) in [6, 6.07) is 0. The Kier molecular flexibility index (Phi) is 22.6. The summed E-state index contributed by atoms with van der Waals surface area (Å²) in [6.07, 6.45) is 9.21. The third kappa shape index (κ3) is 15.0. The zero-order valence-corrected chi connectivity index (χ0v) is 24.6. The SMILES string of the molecule is CC(C)(C=O)CO.CCCCC(CC)(CO)CO.CCCCC1(CC)COC(C(C)(C)CO)OC1.O.[H+]. The number of carbonyl (C=O) groups excluding carboxylic acids is 1. The summed E-state index contributed by atoms with van der Waals surface area (Å²) in [7, 11) is 0. The number of rotatable bonds is 14. The molecule has 220 valence electrons. The van der Waals surface area contributed by atoms with Crippen LogP contribution in [0.15, 0.2) is 0 Å². The van der Waals surface area contributed by atoms with Gasteiger partial charge in [-0.3, -0.25) is 0 Å². The standard InChI is InChI=1S/C14H28O3.C9H20O2.C5H10O2.H2O/c1-5-7-8-14(6-2)10-16-12(17-11-14)13(3,4)9-15;1-3-5-6-9(4-2,7-10)8-11;1-5(2,3-6)4-7;/h12,15H,5-11H2,1-4H3;10-11H,3-8H2,1-2H3;3,7H,4H2,1-2H3;1H2/p+1. The topological polar surface area (TPSA) is 148 Å². The van der Waals surface area contributed by atoms with Crippen molar-refractivity contribution in [1.29, 1.82) is 0 Å². The first kappa shape index (κ1) is 39.9. The fourth-order valence-electron chi connectivity index (χ4n) is 3.39. The van der Waals surface area contributed by atoms with E-state index in [-0.39, 0.29) is 55.9 Å². The molecule has 0 aliphatic carbocycles. The van der Waals surface area contributed by atoms with Gasteiger partial charge in [0.15, 0.2) is 6.29 Å². The fraction of sp³-hybridized carbons (Fsp3) is 0.964. The number of hydrogen-bond donors (Lipinski definition) is 4. The molecule has 0 atom stereocenters. The highest BCUT2D eigenvalue weighted by Gasteiger charge is 2.40. The van der Waals surface area contributed by atoms with Crippen molar-refractivity contribution in [2.75, 3.05) is 39.6 Å². The normalized spacial score (nSPS) is 20.3. The van der Waals surface area contributed by atoms with Crippen LogP contribution in [0.1, 0.15) is 108 Å². The molecular formula is C28H61O8+. The minimum atomic E-state index is -0.542. The van der Waals surface area contributed by atoms with E-state index in [1.165, 1.54) is 19.3 Å². The van der Waals surface area contributed by atoms with Crippen LogP contribution in [0, 0.1) is 21.7 Å². The van der Waals surface area contributed by atoms with E-state index in [0.29, 0.717) is 0 Å². The number of carbonyl (C=O) groups is 1. The minimum absolute atomic E-state index is 0. The highest BCUT2D eigenvalue weighted by Crippen LogP contribution is 2.37. The molecule has 8 heteroatoms. The van der Waals surface area contributed by atoms with Crippen LogP contribution >= 0.6 is 0 Å². The lowest BCUT2D eigenvalue weighted by Gasteiger charge is -2.44. The molecule has 6 N–H and O–H groups in total. The van der Waals surface area contributed by atoms with Gasteiger partial charge in [-0.2, -0.15) is 0 Å². The van der Waals surface area contributed by atoms with Crippen LogP contribution in [-0.2, 0) is 14.3 Å². The molecule has 0 spiro atoms. The van der Waals surface area contributed by atoms with E-state index >= 15 is 0 Å². The summed E-state index contributed by atoms with van der Waals surface area (Å²) in [6.45, 7) is 17.6. The number of hydrogen-bond acceptors (Lipinski definition) is 7. The number of aliphatic hydroxyl groups excluding tert-OH is 4. The molecule has 1 heterocycles. The quantitative estimate of drug-likeness (QED) is 0.250. The van der Waals surface area contributed by atoms with E-state index < -0.39 is 5.41 Å². The average molecular weight is 526 g/mol. The molecule has 1 aliphatic rings. The molecule has 1 fully saturated rings. The third-order valence-corrected chi connectivity index (χ3v) is 7.15. The molecule has 0 unspecified atom stereocenters. The highest BCUT2D eigenvalue weighted by atomic mass is 16.7. The summed E-state index contributed by atoms with van der Waals surface area (Å²) in [5.41, 5.74) is -0.876. The van der Waals surface area contributed by atoms with Gasteiger partial charge in [0, 0.05) is 21.7 Å². The van der Waals surface area contributed by atoms with E-state index in [4.69, 9.17) is 24.8 Å². The van der Waals surface area contributed by atoms with Gasteiger partial charge in [-0.1, -0.05) is 81.1 Å². The van der Waals surface area contributed by atoms with Crippen LogP contribution in [0.5, 0.6) is 0 Å². The van der Waals surface area contributed by atoms with Gasteiger partial charge in [0.05, 0.1) is 39.6 Å². The third-order valence-electron chi connectivity index (χ3n) is 7.15. The summed E-state index contributed by atoms with van der Waals surface area (Å²) in [5, 5.41) is 35.8. The van der Waals surface area contributed by atoms with Gasteiger partial charge in [-0.05, 0) is 25.7 Å². The van der Waals surface area contributed by atoms with Crippen LogP contribution in [0.3, 0.4) is 0 Å². The molecule has 1 saturated heterocycles. The van der Waals surface area contributed by atoms with Crippen molar-refractivity contribution in [1.82, 2.24) is 0 Å². The predicted octanol–water partition coefficient (Wildman–Crippen LogP) is 4.01. The lowest BCUT2D eigenvalue weighted by Crippen LogP contribution is -2.48. The largest absolute Gasteiger partial charge is 1.00 e. The van der Waals surface area contributed by atoms with E-state index in [0.717, 1.165) is 51.6 Å². The number of ether oxygens (including phenoxy) is 2. The second-order valence-electron chi connectivity index (χ2n) is 11.6. The van der Waals surface area contributed by atoms with E-state index in [9.17, 15) is 9.90 Å². The second-order valence-corrected chi connectivity index (χ2v) is 11.6. The number of unbranched alkanes of at least 4 members (excludes halogenated alkanes) is 2. The maximum absolute atomic E-state index is 9.90. The fourth-order valence-corrected chi connectivity index (χ4v) is 3.39. The van der Waals surface area contributed by atoms with Gasteiger partial charge < -0.3 is 40.2 Å². The lowest BCUT2D eigenvalue weighted by molar-refractivity contribution is -0.275. The summed E-state index contributed by atoms with van der Waals surface area (Å²) in [4.78, 5) is 9.90. The molecule has 0 aromatic carbocycles. The van der Waals surface area contributed by atoms with Crippen molar-refractivity contribution in [3.05, 3.63) is 0 Å². The van der Waals surface area contributed by atoms with Gasteiger partial charge in [0.1, 0.15) is 6.29 Å². The Hall–Kier alpha value is -0.610. The van der Waals surface area contributed by atoms with Crippen molar-refractivity contribution in [3.8, 4) is 0 Å². The van der Waals surface area contributed by atoms with Crippen molar-refractivity contribution in [2.24, 2.45) is 21.7 Å². The van der Waals surface area contributed by atoms with Crippen LogP contribution in [0.2, 0.25) is 0 Å². The van der Waals surface area contributed by atoms with Crippen molar-refractivity contribution in [3.63, 3.8) is 0 Å². The van der Waals surface area contributed by atoms with Crippen molar-refractivity contribution >= 4 is 6.29 Å².